The van der Waals surface area contributed by atoms with E-state index in [1.54, 1.807) is 0 Å². The summed E-state index contributed by atoms with van der Waals surface area (Å²) in [5.41, 5.74) is 0. The Morgan fingerprint density at radius 3 is 1.73 bits per heavy atom. The lowest BCUT2D eigenvalue weighted by Gasteiger charge is -2.29. The number of rotatable bonds is 12. The van der Waals surface area contributed by atoms with Crippen LogP contribution in [0.5, 0.6) is 0 Å². The van der Waals surface area contributed by atoms with Crippen LogP contribution < -0.4 is 0 Å². The van der Waals surface area contributed by atoms with E-state index in [2.05, 4.69) is 38.2 Å². The fourth-order valence-electron chi connectivity index (χ4n) is 2.97. The topological polar surface area (TPSA) is 18.5 Å². The van der Waals surface area contributed by atoms with Gasteiger partial charge in [-0.05, 0) is 78.1 Å². The number of ether oxygens (including phenoxy) is 2. The van der Waals surface area contributed by atoms with Crippen LogP contribution in [0.25, 0.3) is 0 Å². The van der Waals surface area contributed by atoms with Gasteiger partial charge in [0.25, 0.3) is 0 Å². The molecule has 1 aliphatic rings. The maximum Gasteiger partial charge on any atom is 0.0599 e. The second-order valence-electron chi connectivity index (χ2n) is 6.28. The lowest BCUT2D eigenvalue weighted by atomic mass is 9.95. The third kappa shape index (κ3) is 10.2. The number of allylic oxidation sites excluding steroid dienone is 4. The molecule has 22 heavy (non-hydrogen) atoms. The second kappa shape index (κ2) is 14.0. The van der Waals surface area contributed by atoms with Gasteiger partial charge in [0.15, 0.2) is 0 Å². The summed E-state index contributed by atoms with van der Waals surface area (Å²) < 4.78 is 12.1. The van der Waals surface area contributed by atoms with Gasteiger partial charge in [-0.15, -0.1) is 0 Å². The highest BCUT2D eigenvalue weighted by Gasteiger charge is 2.22. The van der Waals surface area contributed by atoms with Crippen molar-refractivity contribution in [2.45, 2.75) is 90.3 Å². The summed E-state index contributed by atoms with van der Waals surface area (Å²) in [5, 5.41) is 0. The molecule has 2 atom stereocenters. The largest absolute Gasteiger partial charge is 0.378 e. The van der Waals surface area contributed by atoms with Crippen LogP contribution in [0.15, 0.2) is 24.3 Å². The molecule has 0 aromatic heterocycles. The molecular weight excluding hydrogens is 272 g/mol. The van der Waals surface area contributed by atoms with Crippen LogP contribution >= 0.6 is 0 Å². The Bertz CT molecular complexity index is 268. The third-order valence-electron chi connectivity index (χ3n) is 4.29. The summed E-state index contributed by atoms with van der Waals surface area (Å²) in [6.07, 6.45) is 21.6. The van der Waals surface area contributed by atoms with Gasteiger partial charge in [0.05, 0.1) is 12.2 Å². The zero-order chi connectivity index (χ0) is 15.9. The molecule has 0 aromatic carbocycles. The van der Waals surface area contributed by atoms with Gasteiger partial charge in [-0.3, -0.25) is 0 Å². The Morgan fingerprint density at radius 2 is 1.27 bits per heavy atom. The van der Waals surface area contributed by atoms with E-state index >= 15 is 0 Å². The van der Waals surface area contributed by atoms with E-state index in [4.69, 9.17) is 9.47 Å². The molecule has 128 valence electrons. The number of hydrogen-bond donors (Lipinski definition) is 0. The molecule has 1 aliphatic carbocycles. The smallest absolute Gasteiger partial charge is 0.0599 e. The molecule has 2 nitrogen and oxygen atoms in total. The Balaban J connectivity index is 2.01. The average Bonchev–Trinajstić information content (AvgIpc) is 2.54. The second-order valence-corrected chi connectivity index (χ2v) is 6.28. The van der Waals surface area contributed by atoms with Crippen LogP contribution in [0.4, 0.5) is 0 Å². The maximum atomic E-state index is 6.04. The zero-order valence-electron chi connectivity index (χ0n) is 14.8. The highest BCUT2D eigenvalue weighted by atomic mass is 16.5. The molecule has 0 radical (unpaired) electrons. The molecule has 0 heterocycles. The van der Waals surface area contributed by atoms with Crippen LogP contribution in [0, 0.1) is 0 Å². The quantitative estimate of drug-likeness (QED) is 0.334. The first kappa shape index (κ1) is 19.4. The fourth-order valence-corrected chi connectivity index (χ4v) is 2.97. The van der Waals surface area contributed by atoms with Crippen molar-refractivity contribution < 1.29 is 9.47 Å². The lowest BCUT2D eigenvalue weighted by Crippen LogP contribution is -2.28. The summed E-state index contributed by atoms with van der Waals surface area (Å²) >= 11 is 0. The van der Waals surface area contributed by atoms with Gasteiger partial charge in [-0.2, -0.15) is 0 Å². The molecular formula is C20H36O2. The highest BCUT2D eigenvalue weighted by molar-refractivity contribution is 4.77. The Hall–Kier alpha value is -0.600. The molecule has 1 saturated carbocycles. The van der Waals surface area contributed by atoms with Crippen LogP contribution in [-0.4, -0.2) is 25.4 Å². The van der Waals surface area contributed by atoms with Gasteiger partial charge in [0, 0.05) is 13.2 Å². The van der Waals surface area contributed by atoms with Gasteiger partial charge in [0.2, 0.25) is 0 Å². The summed E-state index contributed by atoms with van der Waals surface area (Å²) in [4.78, 5) is 0. The van der Waals surface area contributed by atoms with Crippen molar-refractivity contribution in [2.24, 2.45) is 0 Å². The highest BCUT2D eigenvalue weighted by Crippen LogP contribution is 2.24. The molecule has 0 N–H and O–H groups in total. The normalized spacial score (nSPS) is 22.8. The average molecular weight is 309 g/mol. The van der Waals surface area contributed by atoms with E-state index in [9.17, 15) is 0 Å². The van der Waals surface area contributed by atoms with Crippen molar-refractivity contribution in [2.75, 3.05) is 13.2 Å². The van der Waals surface area contributed by atoms with E-state index in [-0.39, 0.29) is 0 Å². The SMILES string of the molecule is CC=CCCCCOC1CCCC(OCCCCC=CC)C1. The molecule has 0 saturated heterocycles. The predicted octanol–water partition coefficient (Wildman–Crippen LogP) is 5.82. The molecule has 1 fully saturated rings. The van der Waals surface area contributed by atoms with Crippen LogP contribution in [0.2, 0.25) is 0 Å². The molecule has 0 spiro atoms. The number of unbranched alkanes of at least 4 members (excludes halogenated alkanes) is 4. The Morgan fingerprint density at radius 1 is 0.773 bits per heavy atom. The van der Waals surface area contributed by atoms with Crippen molar-refractivity contribution in [1.29, 1.82) is 0 Å². The van der Waals surface area contributed by atoms with E-state index < -0.39 is 0 Å². The monoisotopic (exact) mass is 308 g/mol. The van der Waals surface area contributed by atoms with Crippen molar-refractivity contribution in [1.82, 2.24) is 0 Å². The molecule has 0 aliphatic heterocycles. The Kier molecular flexibility index (Phi) is 12.4. The minimum atomic E-state index is 0.434. The fraction of sp³-hybridized carbons (Fsp3) is 0.800. The first-order chi connectivity index (χ1) is 10.9. The molecule has 0 amide bonds. The van der Waals surface area contributed by atoms with Gasteiger partial charge in [-0.25, -0.2) is 0 Å². The summed E-state index contributed by atoms with van der Waals surface area (Å²) in [7, 11) is 0. The van der Waals surface area contributed by atoms with Crippen molar-refractivity contribution in [3.05, 3.63) is 24.3 Å². The molecule has 2 heteroatoms. The minimum absolute atomic E-state index is 0.434. The van der Waals surface area contributed by atoms with Gasteiger partial charge >= 0.3 is 0 Å². The summed E-state index contributed by atoms with van der Waals surface area (Å²) in [5.74, 6) is 0. The van der Waals surface area contributed by atoms with Gasteiger partial charge < -0.3 is 9.47 Å². The Labute approximate surface area is 138 Å². The van der Waals surface area contributed by atoms with E-state index in [1.807, 2.05) is 0 Å². The first-order valence-corrected chi connectivity index (χ1v) is 9.32. The van der Waals surface area contributed by atoms with Crippen molar-refractivity contribution in [3.63, 3.8) is 0 Å². The molecule has 1 rings (SSSR count). The van der Waals surface area contributed by atoms with Gasteiger partial charge in [0.1, 0.15) is 0 Å². The van der Waals surface area contributed by atoms with Crippen LogP contribution in [0.1, 0.15) is 78.1 Å². The number of hydrogen-bond acceptors (Lipinski definition) is 2. The summed E-state index contributed by atoms with van der Waals surface area (Å²) in [6.45, 7) is 5.99. The van der Waals surface area contributed by atoms with E-state index in [0.29, 0.717) is 12.2 Å². The zero-order valence-corrected chi connectivity index (χ0v) is 14.8. The van der Waals surface area contributed by atoms with Gasteiger partial charge in [-0.1, -0.05) is 24.3 Å². The first-order valence-electron chi connectivity index (χ1n) is 9.32. The lowest BCUT2D eigenvalue weighted by molar-refractivity contribution is -0.0458. The minimum Gasteiger partial charge on any atom is -0.378 e. The molecule has 0 bridgehead atoms. The summed E-state index contributed by atoms with van der Waals surface area (Å²) in [6, 6.07) is 0. The standard InChI is InChI=1S/C20H36O2/c1-3-5-7-9-11-16-21-19-14-13-15-20(18-19)22-17-12-10-8-6-4-2/h3-6,19-20H,7-18H2,1-2H3. The molecule has 0 aromatic rings. The van der Waals surface area contributed by atoms with Crippen LogP contribution in [-0.2, 0) is 9.47 Å². The third-order valence-corrected chi connectivity index (χ3v) is 4.29. The van der Waals surface area contributed by atoms with Crippen molar-refractivity contribution >= 4 is 0 Å². The predicted molar refractivity (Wildman–Crippen MR) is 95.3 cm³/mol. The maximum absolute atomic E-state index is 6.04. The molecule has 2 unspecified atom stereocenters. The van der Waals surface area contributed by atoms with Crippen molar-refractivity contribution in [3.8, 4) is 0 Å². The van der Waals surface area contributed by atoms with E-state index in [0.717, 1.165) is 19.6 Å². The van der Waals surface area contributed by atoms with E-state index in [1.165, 1.54) is 57.8 Å². The van der Waals surface area contributed by atoms with Crippen LogP contribution in [0.3, 0.4) is 0 Å².